The molecular weight excluding hydrogens is 270 g/mol. The van der Waals surface area contributed by atoms with E-state index in [4.69, 9.17) is 0 Å². The van der Waals surface area contributed by atoms with Crippen LogP contribution in [0.1, 0.15) is 55.5 Å². The van der Waals surface area contributed by atoms with Crippen LogP contribution >= 0.6 is 0 Å². The van der Waals surface area contributed by atoms with E-state index in [1.54, 1.807) is 0 Å². The van der Waals surface area contributed by atoms with E-state index in [1.165, 1.54) is 0 Å². The van der Waals surface area contributed by atoms with Crippen molar-refractivity contribution in [2.24, 2.45) is 0 Å². The number of carboxylic acids is 1. The minimum atomic E-state index is -1.10. The Kier molecular flexibility index (Phi) is 4.65. The molecule has 6 heteroatoms. The number of carbonyl (C=O) groups excluding carboxylic acids is 1. The molecule has 1 aromatic rings. The molecule has 0 atom stereocenters. The highest BCUT2D eigenvalue weighted by atomic mass is 16.4. The van der Waals surface area contributed by atoms with Crippen LogP contribution in [0.2, 0.25) is 0 Å². The van der Waals surface area contributed by atoms with Crippen molar-refractivity contribution in [1.29, 1.82) is 0 Å². The number of aliphatic carboxylic acids is 1. The Morgan fingerprint density at radius 3 is 2.33 bits per heavy atom. The Balaban J connectivity index is 2.10. The molecule has 1 aliphatic carbocycles. The third-order valence-electron chi connectivity index (χ3n) is 4.36. The number of carbonyl (C=O) groups is 2. The van der Waals surface area contributed by atoms with Gasteiger partial charge in [-0.25, -0.2) is 4.79 Å². The summed E-state index contributed by atoms with van der Waals surface area (Å²) in [5.74, 6) is -1.16. The fourth-order valence-corrected chi connectivity index (χ4v) is 3.03. The number of aromatic nitrogens is 2. The highest BCUT2D eigenvalue weighted by Gasteiger charge is 2.40. The lowest BCUT2D eigenvalue weighted by Crippen LogP contribution is -2.54. The van der Waals surface area contributed by atoms with Crippen LogP contribution in [0.25, 0.3) is 0 Å². The minimum absolute atomic E-state index is 0.170. The number of carboxylic acid groups (broad SMARTS) is 1. The zero-order valence-corrected chi connectivity index (χ0v) is 12.7. The molecule has 3 N–H and O–H groups in total. The summed E-state index contributed by atoms with van der Waals surface area (Å²) in [6.45, 7) is 3.70. The van der Waals surface area contributed by atoms with Gasteiger partial charge in [0.25, 0.3) is 0 Å². The molecule has 0 bridgehead atoms. The van der Waals surface area contributed by atoms with E-state index >= 15 is 0 Å². The number of hydrogen-bond acceptors (Lipinski definition) is 3. The second-order valence-corrected chi connectivity index (χ2v) is 5.94. The summed E-state index contributed by atoms with van der Waals surface area (Å²) in [5, 5.41) is 19.3. The van der Waals surface area contributed by atoms with Gasteiger partial charge in [0.05, 0.1) is 12.1 Å². The highest BCUT2D eigenvalue weighted by Crippen LogP contribution is 2.27. The van der Waals surface area contributed by atoms with Crippen molar-refractivity contribution in [2.75, 3.05) is 0 Å². The summed E-state index contributed by atoms with van der Waals surface area (Å²) in [6, 6.07) is 0. The van der Waals surface area contributed by atoms with Gasteiger partial charge in [0.2, 0.25) is 5.91 Å². The lowest BCUT2D eigenvalue weighted by atomic mass is 9.90. The Bertz CT molecular complexity index is 509. The van der Waals surface area contributed by atoms with E-state index in [0.717, 1.165) is 42.6 Å². The maximum absolute atomic E-state index is 12.3. The van der Waals surface area contributed by atoms with Crippen LogP contribution in [0.3, 0.4) is 0 Å². The van der Waals surface area contributed by atoms with Crippen LogP contribution in [0.5, 0.6) is 0 Å². The maximum atomic E-state index is 12.3. The number of nitrogens with zero attached hydrogens (tertiary/aromatic N) is 1. The third-order valence-corrected chi connectivity index (χ3v) is 4.36. The summed E-state index contributed by atoms with van der Waals surface area (Å²) in [6.07, 6.45) is 4.94. The van der Waals surface area contributed by atoms with Crippen LogP contribution in [-0.4, -0.2) is 32.7 Å². The van der Waals surface area contributed by atoms with Crippen molar-refractivity contribution in [2.45, 2.75) is 64.3 Å². The van der Waals surface area contributed by atoms with Crippen molar-refractivity contribution in [3.05, 3.63) is 17.0 Å². The zero-order valence-electron chi connectivity index (χ0n) is 12.7. The fraction of sp³-hybridized carbons (Fsp3) is 0.667. The molecule has 0 saturated heterocycles. The average molecular weight is 293 g/mol. The molecule has 1 fully saturated rings. The van der Waals surface area contributed by atoms with Crippen LogP contribution in [-0.2, 0) is 16.0 Å². The summed E-state index contributed by atoms with van der Waals surface area (Å²) in [7, 11) is 0. The standard InChI is InChI=1S/C15H23N3O3/c1-10-12(11(2)18-17-10)9-13(19)16-15(14(20)21)7-5-3-4-6-8-15/h3-9H2,1-2H3,(H,16,19)(H,17,18)(H,20,21). The molecule has 116 valence electrons. The van der Waals surface area contributed by atoms with Gasteiger partial charge in [-0.2, -0.15) is 5.10 Å². The van der Waals surface area contributed by atoms with Gasteiger partial charge in [0.15, 0.2) is 0 Å². The van der Waals surface area contributed by atoms with Crippen LogP contribution in [0, 0.1) is 13.8 Å². The molecule has 0 spiro atoms. The van der Waals surface area contributed by atoms with Crippen molar-refractivity contribution in [1.82, 2.24) is 15.5 Å². The first-order valence-electron chi connectivity index (χ1n) is 7.49. The third kappa shape index (κ3) is 3.43. The molecule has 1 aliphatic rings. The van der Waals surface area contributed by atoms with Crippen molar-refractivity contribution in [3.63, 3.8) is 0 Å². The Morgan fingerprint density at radius 1 is 1.24 bits per heavy atom. The number of rotatable bonds is 4. The molecule has 1 amide bonds. The van der Waals surface area contributed by atoms with E-state index in [0.29, 0.717) is 12.8 Å². The smallest absolute Gasteiger partial charge is 0.329 e. The normalized spacial score (nSPS) is 18.0. The number of H-pyrrole nitrogens is 1. The monoisotopic (exact) mass is 293 g/mol. The van der Waals surface area contributed by atoms with E-state index in [1.807, 2.05) is 13.8 Å². The molecule has 1 heterocycles. The quantitative estimate of drug-likeness (QED) is 0.738. The summed E-state index contributed by atoms with van der Waals surface area (Å²) in [5.41, 5.74) is 1.39. The Labute approximate surface area is 124 Å². The van der Waals surface area contributed by atoms with Gasteiger partial charge in [0, 0.05) is 11.3 Å². The Hall–Kier alpha value is -1.85. The summed E-state index contributed by atoms with van der Waals surface area (Å²) >= 11 is 0. The van der Waals surface area contributed by atoms with Gasteiger partial charge in [-0.3, -0.25) is 9.89 Å². The largest absolute Gasteiger partial charge is 0.480 e. The summed E-state index contributed by atoms with van der Waals surface area (Å²) in [4.78, 5) is 24.0. The first kappa shape index (κ1) is 15.5. The molecule has 1 aromatic heterocycles. The number of aromatic amines is 1. The van der Waals surface area contributed by atoms with Crippen LogP contribution in [0.15, 0.2) is 0 Å². The zero-order chi connectivity index (χ0) is 15.5. The first-order valence-corrected chi connectivity index (χ1v) is 7.49. The number of hydrogen-bond donors (Lipinski definition) is 3. The minimum Gasteiger partial charge on any atom is -0.480 e. The Morgan fingerprint density at radius 2 is 1.86 bits per heavy atom. The summed E-state index contributed by atoms with van der Waals surface area (Å²) < 4.78 is 0. The molecule has 2 rings (SSSR count). The first-order chi connectivity index (χ1) is 9.94. The van der Waals surface area contributed by atoms with Gasteiger partial charge >= 0.3 is 5.97 Å². The SMILES string of the molecule is Cc1n[nH]c(C)c1CC(=O)NC1(C(=O)O)CCCCCC1. The number of amides is 1. The van der Waals surface area contributed by atoms with Crippen molar-refractivity contribution < 1.29 is 14.7 Å². The van der Waals surface area contributed by atoms with E-state index in [9.17, 15) is 14.7 Å². The molecule has 1 saturated carbocycles. The highest BCUT2D eigenvalue weighted by molar-refractivity contribution is 5.88. The van der Waals surface area contributed by atoms with E-state index < -0.39 is 11.5 Å². The van der Waals surface area contributed by atoms with Crippen molar-refractivity contribution in [3.8, 4) is 0 Å². The van der Waals surface area contributed by atoms with Gasteiger partial charge in [-0.05, 0) is 26.7 Å². The molecule has 0 unspecified atom stereocenters. The molecular formula is C15H23N3O3. The van der Waals surface area contributed by atoms with Crippen LogP contribution in [0.4, 0.5) is 0 Å². The molecule has 21 heavy (non-hydrogen) atoms. The topological polar surface area (TPSA) is 95.1 Å². The molecule has 0 aliphatic heterocycles. The van der Waals surface area contributed by atoms with Gasteiger partial charge in [-0.15, -0.1) is 0 Å². The van der Waals surface area contributed by atoms with Gasteiger partial charge in [0.1, 0.15) is 5.54 Å². The number of nitrogens with one attached hydrogen (secondary N) is 2. The molecule has 6 nitrogen and oxygen atoms in total. The van der Waals surface area contributed by atoms with E-state index in [2.05, 4.69) is 15.5 Å². The average Bonchev–Trinajstić information content (AvgIpc) is 2.66. The lowest BCUT2D eigenvalue weighted by molar-refractivity contribution is -0.148. The van der Waals surface area contributed by atoms with E-state index in [-0.39, 0.29) is 12.3 Å². The predicted molar refractivity (Wildman–Crippen MR) is 78.0 cm³/mol. The van der Waals surface area contributed by atoms with Crippen LogP contribution < -0.4 is 5.32 Å². The fourth-order valence-electron chi connectivity index (χ4n) is 3.03. The molecule has 0 aromatic carbocycles. The second kappa shape index (κ2) is 6.28. The van der Waals surface area contributed by atoms with Crippen molar-refractivity contribution >= 4 is 11.9 Å². The van der Waals surface area contributed by atoms with Gasteiger partial charge in [-0.1, -0.05) is 25.7 Å². The maximum Gasteiger partial charge on any atom is 0.329 e. The number of aryl methyl sites for hydroxylation is 2. The lowest BCUT2D eigenvalue weighted by Gasteiger charge is -2.29. The van der Waals surface area contributed by atoms with Gasteiger partial charge < -0.3 is 10.4 Å². The molecule has 0 radical (unpaired) electrons. The predicted octanol–water partition coefficient (Wildman–Crippen LogP) is 1.86. The second-order valence-electron chi connectivity index (χ2n) is 5.94.